The number of nitrogens with two attached hydrogens (primary N) is 1. The van der Waals surface area contributed by atoms with Gasteiger partial charge in [-0.2, -0.15) is 0 Å². The van der Waals surface area contributed by atoms with Gasteiger partial charge in [-0.25, -0.2) is 4.39 Å². The highest BCUT2D eigenvalue weighted by Gasteiger charge is 2.28. The molecule has 1 atom stereocenters. The van der Waals surface area contributed by atoms with Crippen LogP contribution in [0.2, 0.25) is 0 Å². The van der Waals surface area contributed by atoms with Gasteiger partial charge >= 0.3 is 0 Å². The third kappa shape index (κ3) is 3.68. The van der Waals surface area contributed by atoms with Gasteiger partial charge in [0.25, 0.3) is 5.91 Å². The molecular formula is C13H18ClFN2O. The van der Waals surface area contributed by atoms with Crippen LogP contribution in [0.1, 0.15) is 28.8 Å². The Bertz CT molecular complexity index is 435. The van der Waals surface area contributed by atoms with E-state index in [1.54, 1.807) is 19.1 Å². The predicted molar refractivity (Wildman–Crippen MR) is 71.4 cm³/mol. The maximum Gasteiger partial charge on any atom is 0.251 e. The van der Waals surface area contributed by atoms with Gasteiger partial charge in [-0.1, -0.05) is 6.07 Å². The molecule has 0 aromatic heterocycles. The van der Waals surface area contributed by atoms with Crippen molar-refractivity contribution in [2.75, 3.05) is 6.54 Å². The molecule has 2 rings (SSSR count). The van der Waals surface area contributed by atoms with Gasteiger partial charge in [-0.15, -0.1) is 12.4 Å². The van der Waals surface area contributed by atoms with E-state index < -0.39 is 0 Å². The second-order valence-corrected chi connectivity index (χ2v) is 4.68. The summed E-state index contributed by atoms with van der Waals surface area (Å²) < 4.78 is 13.3. The van der Waals surface area contributed by atoms with Gasteiger partial charge in [0.2, 0.25) is 0 Å². The van der Waals surface area contributed by atoms with Crippen LogP contribution in [0.5, 0.6) is 0 Å². The number of amides is 1. The SMILES string of the molecule is Cc1ccc(C(=O)NCC(N)C2CC2)cc1F.Cl. The molecule has 1 saturated carbocycles. The summed E-state index contributed by atoms with van der Waals surface area (Å²) in [5.41, 5.74) is 6.75. The first kappa shape index (κ1) is 14.9. The second kappa shape index (κ2) is 6.16. The second-order valence-electron chi connectivity index (χ2n) is 4.68. The van der Waals surface area contributed by atoms with Crippen molar-refractivity contribution in [3.05, 3.63) is 35.1 Å². The third-order valence-electron chi connectivity index (χ3n) is 3.16. The summed E-state index contributed by atoms with van der Waals surface area (Å²) in [4.78, 5) is 11.7. The topological polar surface area (TPSA) is 55.1 Å². The lowest BCUT2D eigenvalue weighted by molar-refractivity contribution is 0.0950. The number of carbonyl (C=O) groups is 1. The number of rotatable bonds is 4. The molecule has 0 heterocycles. The molecule has 3 N–H and O–H groups in total. The van der Waals surface area contributed by atoms with Crippen LogP contribution < -0.4 is 11.1 Å². The summed E-state index contributed by atoms with van der Waals surface area (Å²) in [6.45, 7) is 2.12. The van der Waals surface area contributed by atoms with E-state index >= 15 is 0 Å². The summed E-state index contributed by atoms with van der Waals surface area (Å²) in [6, 6.07) is 4.50. The Morgan fingerprint density at radius 2 is 2.22 bits per heavy atom. The molecule has 1 aromatic rings. The van der Waals surface area contributed by atoms with Crippen LogP contribution in [-0.4, -0.2) is 18.5 Å². The van der Waals surface area contributed by atoms with Gasteiger partial charge in [-0.3, -0.25) is 4.79 Å². The number of halogens is 2. The molecule has 0 spiro atoms. The minimum atomic E-state index is -0.357. The van der Waals surface area contributed by atoms with Gasteiger partial charge < -0.3 is 11.1 Å². The largest absolute Gasteiger partial charge is 0.350 e. The molecule has 100 valence electrons. The van der Waals surface area contributed by atoms with E-state index in [4.69, 9.17) is 5.73 Å². The van der Waals surface area contributed by atoms with Gasteiger partial charge in [0, 0.05) is 18.2 Å². The van der Waals surface area contributed by atoms with Gasteiger partial charge in [0.15, 0.2) is 0 Å². The van der Waals surface area contributed by atoms with E-state index in [1.807, 2.05) is 0 Å². The fourth-order valence-electron chi connectivity index (χ4n) is 1.74. The number of hydrogen-bond donors (Lipinski definition) is 2. The first-order valence-corrected chi connectivity index (χ1v) is 5.88. The Hall–Kier alpha value is -1.13. The molecule has 1 fully saturated rings. The number of nitrogens with one attached hydrogen (secondary N) is 1. The maximum atomic E-state index is 13.3. The lowest BCUT2D eigenvalue weighted by atomic mass is 10.1. The Labute approximate surface area is 112 Å². The van der Waals surface area contributed by atoms with Crippen molar-refractivity contribution in [1.82, 2.24) is 5.32 Å². The van der Waals surface area contributed by atoms with Crippen LogP contribution >= 0.6 is 12.4 Å². The number of benzene rings is 1. The normalized spacial score (nSPS) is 15.7. The number of hydrogen-bond acceptors (Lipinski definition) is 2. The van der Waals surface area contributed by atoms with Gasteiger partial charge in [0.05, 0.1) is 0 Å². The monoisotopic (exact) mass is 272 g/mol. The molecule has 1 aromatic carbocycles. The summed E-state index contributed by atoms with van der Waals surface area (Å²) >= 11 is 0. The van der Waals surface area contributed by atoms with Crippen LogP contribution in [0.3, 0.4) is 0 Å². The van der Waals surface area contributed by atoms with E-state index in [2.05, 4.69) is 5.32 Å². The van der Waals surface area contributed by atoms with Gasteiger partial charge in [-0.05, 0) is 43.4 Å². The standard InChI is InChI=1S/C13H17FN2O.ClH/c1-8-2-3-10(6-11(8)14)13(17)16-7-12(15)9-4-5-9;/h2-3,6,9,12H,4-5,7,15H2,1H3,(H,16,17);1H. The molecule has 1 aliphatic rings. The molecule has 5 heteroatoms. The van der Waals surface area contributed by atoms with Crippen molar-refractivity contribution in [2.45, 2.75) is 25.8 Å². The van der Waals surface area contributed by atoms with Crippen molar-refractivity contribution in [3.63, 3.8) is 0 Å². The van der Waals surface area contributed by atoms with Crippen molar-refractivity contribution >= 4 is 18.3 Å². The Balaban J connectivity index is 0.00000162. The van der Waals surface area contributed by atoms with Crippen LogP contribution in [0, 0.1) is 18.7 Å². The average molecular weight is 273 g/mol. The van der Waals surface area contributed by atoms with Crippen LogP contribution in [0.25, 0.3) is 0 Å². The molecule has 1 aliphatic carbocycles. The lowest BCUT2D eigenvalue weighted by Crippen LogP contribution is -2.38. The summed E-state index contributed by atoms with van der Waals surface area (Å²) in [6.07, 6.45) is 2.30. The summed E-state index contributed by atoms with van der Waals surface area (Å²) in [7, 11) is 0. The van der Waals surface area contributed by atoms with Crippen LogP contribution in [0.15, 0.2) is 18.2 Å². The Morgan fingerprint density at radius 1 is 1.56 bits per heavy atom. The first-order chi connectivity index (χ1) is 8.08. The Kier molecular flexibility index (Phi) is 5.11. The zero-order chi connectivity index (χ0) is 12.4. The van der Waals surface area contributed by atoms with E-state index in [0.29, 0.717) is 23.6 Å². The molecule has 1 amide bonds. The van der Waals surface area contributed by atoms with Gasteiger partial charge in [0.1, 0.15) is 5.82 Å². The molecule has 18 heavy (non-hydrogen) atoms. The molecule has 3 nitrogen and oxygen atoms in total. The van der Waals surface area contributed by atoms with Crippen LogP contribution in [-0.2, 0) is 0 Å². The van der Waals surface area contributed by atoms with E-state index in [9.17, 15) is 9.18 Å². The minimum absolute atomic E-state index is 0. The minimum Gasteiger partial charge on any atom is -0.350 e. The fourth-order valence-corrected chi connectivity index (χ4v) is 1.74. The lowest BCUT2D eigenvalue weighted by Gasteiger charge is -2.11. The predicted octanol–water partition coefficient (Wildman–Crippen LogP) is 2.02. The highest BCUT2D eigenvalue weighted by atomic mass is 35.5. The number of aryl methyl sites for hydroxylation is 1. The Morgan fingerprint density at radius 3 is 2.78 bits per heavy atom. The molecule has 1 unspecified atom stereocenters. The van der Waals surface area contributed by atoms with Crippen molar-refractivity contribution < 1.29 is 9.18 Å². The molecule has 0 aliphatic heterocycles. The zero-order valence-electron chi connectivity index (χ0n) is 10.3. The van der Waals surface area contributed by atoms with Crippen LogP contribution in [0.4, 0.5) is 4.39 Å². The van der Waals surface area contributed by atoms with E-state index in [0.717, 1.165) is 12.8 Å². The highest BCUT2D eigenvalue weighted by Crippen LogP contribution is 2.31. The first-order valence-electron chi connectivity index (χ1n) is 5.88. The zero-order valence-corrected chi connectivity index (χ0v) is 11.1. The molecule has 0 radical (unpaired) electrons. The quantitative estimate of drug-likeness (QED) is 0.881. The molecule has 0 saturated heterocycles. The van der Waals surface area contributed by atoms with Crippen molar-refractivity contribution in [3.8, 4) is 0 Å². The smallest absolute Gasteiger partial charge is 0.251 e. The summed E-state index contributed by atoms with van der Waals surface area (Å²) in [5.74, 6) is -0.0748. The van der Waals surface area contributed by atoms with E-state index in [1.165, 1.54) is 6.07 Å². The molecule has 0 bridgehead atoms. The highest BCUT2D eigenvalue weighted by molar-refractivity contribution is 5.94. The average Bonchev–Trinajstić information content (AvgIpc) is 3.13. The maximum absolute atomic E-state index is 13.3. The van der Waals surface area contributed by atoms with E-state index in [-0.39, 0.29) is 30.2 Å². The number of carbonyl (C=O) groups excluding carboxylic acids is 1. The molecular weight excluding hydrogens is 255 g/mol. The van der Waals surface area contributed by atoms with Crippen molar-refractivity contribution in [2.24, 2.45) is 11.7 Å². The third-order valence-corrected chi connectivity index (χ3v) is 3.16. The van der Waals surface area contributed by atoms with Crippen molar-refractivity contribution in [1.29, 1.82) is 0 Å². The fraction of sp³-hybridized carbons (Fsp3) is 0.462. The summed E-state index contributed by atoms with van der Waals surface area (Å²) in [5, 5.41) is 2.74.